The predicted molar refractivity (Wildman–Crippen MR) is 69.4 cm³/mol. The molecule has 0 aliphatic rings. The molecule has 16 heavy (non-hydrogen) atoms. The predicted octanol–water partition coefficient (Wildman–Crippen LogP) is 3.42. The Hall–Kier alpha value is -0.730. The maximum Gasteiger partial charge on any atom is 0.123 e. The zero-order valence-corrected chi connectivity index (χ0v) is 11.0. The Morgan fingerprint density at radius 3 is 2.88 bits per heavy atom. The fourth-order valence-electron chi connectivity index (χ4n) is 1.39. The van der Waals surface area contributed by atoms with Crippen LogP contribution in [0.25, 0.3) is 0 Å². The average molecular weight is 242 g/mol. The molecule has 0 aromatic heterocycles. The molecule has 0 spiro atoms. The number of nitrogens with one attached hydrogen (secondary N) is 1. The fourth-order valence-corrected chi connectivity index (χ4v) is 1.56. The van der Waals surface area contributed by atoms with Crippen molar-refractivity contribution in [2.24, 2.45) is 0 Å². The van der Waals surface area contributed by atoms with E-state index in [-0.39, 0.29) is 0 Å². The summed E-state index contributed by atoms with van der Waals surface area (Å²) in [6.07, 6.45) is 1.14. The average Bonchev–Trinajstić information content (AvgIpc) is 2.27. The van der Waals surface area contributed by atoms with Crippen molar-refractivity contribution in [3.8, 4) is 5.75 Å². The van der Waals surface area contributed by atoms with E-state index in [9.17, 15) is 0 Å². The molecule has 0 saturated heterocycles. The maximum absolute atomic E-state index is 5.92. The Balaban J connectivity index is 2.44. The van der Waals surface area contributed by atoms with Crippen molar-refractivity contribution in [2.45, 2.75) is 33.2 Å². The number of aryl methyl sites for hydroxylation is 1. The van der Waals surface area contributed by atoms with Crippen LogP contribution in [0, 0.1) is 6.92 Å². The van der Waals surface area contributed by atoms with E-state index in [0.29, 0.717) is 12.6 Å². The fraction of sp³-hybridized carbons (Fsp3) is 0.538. The van der Waals surface area contributed by atoms with E-state index in [1.165, 1.54) is 0 Å². The highest BCUT2D eigenvalue weighted by Gasteiger charge is 2.04. The van der Waals surface area contributed by atoms with E-state index in [4.69, 9.17) is 16.3 Å². The van der Waals surface area contributed by atoms with Gasteiger partial charge < -0.3 is 10.1 Å². The van der Waals surface area contributed by atoms with Crippen LogP contribution >= 0.6 is 11.6 Å². The second kappa shape index (κ2) is 6.77. The second-order valence-corrected chi connectivity index (χ2v) is 4.51. The van der Waals surface area contributed by atoms with Crippen molar-refractivity contribution in [3.63, 3.8) is 0 Å². The van der Waals surface area contributed by atoms with Crippen LogP contribution in [0.15, 0.2) is 18.2 Å². The summed E-state index contributed by atoms with van der Waals surface area (Å²) in [6, 6.07) is 6.08. The number of ether oxygens (including phenoxy) is 1. The summed E-state index contributed by atoms with van der Waals surface area (Å²) in [4.78, 5) is 0. The molecule has 3 heteroatoms. The lowest BCUT2D eigenvalue weighted by atomic mass is 10.2. The van der Waals surface area contributed by atoms with Gasteiger partial charge in [0.1, 0.15) is 12.4 Å². The number of halogens is 1. The van der Waals surface area contributed by atoms with Crippen molar-refractivity contribution in [1.82, 2.24) is 5.32 Å². The summed E-state index contributed by atoms with van der Waals surface area (Å²) in [5.41, 5.74) is 1.12. The Labute approximate surface area is 103 Å². The molecule has 0 radical (unpaired) electrons. The van der Waals surface area contributed by atoms with Gasteiger partial charge in [-0.2, -0.15) is 0 Å². The van der Waals surface area contributed by atoms with Crippen LogP contribution in [0.1, 0.15) is 25.8 Å². The summed E-state index contributed by atoms with van der Waals surface area (Å²) in [6.45, 7) is 7.99. The molecule has 2 nitrogen and oxygen atoms in total. The van der Waals surface area contributed by atoms with Crippen LogP contribution in [0.3, 0.4) is 0 Å². The molecule has 0 saturated carbocycles. The second-order valence-electron chi connectivity index (χ2n) is 4.08. The molecule has 1 aromatic carbocycles. The SMILES string of the molecule is CCCNC(C)COc1cc(Cl)ccc1C. The monoisotopic (exact) mass is 241 g/mol. The number of benzene rings is 1. The topological polar surface area (TPSA) is 21.3 Å². The molecule has 90 valence electrons. The summed E-state index contributed by atoms with van der Waals surface area (Å²) in [5.74, 6) is 0.873. The third-order valence-electron chi connectivity index (χ3n) is 2.38. The quantitative estimate of drug-likeness (QED) is 0.824. The molecule has 1 N–H and O–H groups in total. The molecule has 0 heterocycles. The van der Waals surface area contributed by atoms with E-state index in [1.54, 1.807) is 0 Å². The third-order valence-corrected chi connectivity index (χ3v) is 2.62. The van der Waals surface area contributed by atoms with E-state index >= 15 is 0 Å². The van der Waals surface area contributed by atoms with E-state index in [0.717, 1.165) is 29.3 Å². The molecule has 0 amide bonds. The van der Waals surface area contributed by atoms with Crippen molar-refractivity contribution in [1.29, 1.82) is 0 Å². The Morgan fingerprint density at radius 1 is 1.44 bits per heavy atom. The first-order valence-electron chi connectivity index (χ1n) is 5.75. The largest absolute Gasteiger partial charge is 0.492 e. The van der Waals surface area contributed by atoms with E-state index in [1.807, 2.05) is 25.1 Å². The Bertz CT molecular complexity index is 328. The van der Waals surface area contributed by atoms with Crippen LogP contribution < -0.4 is 10.1 Å². The lowest BCUT2D eigenvalue weighted by Crippen LogP contribution is -2.32. The highest BCUT2D eigenvalue weighted by molar-refractivity contribution is 6.30. The zero-order valence-electron chi connectivity index (χ0n) is 10.2. The minimum Gasteiger partial charge on any atom is -0.492 e. The van der Waals surface area contributed by atoms with Crippen LogP contribution in [0.5, 0.6) is 5.75 Å². The Morgan fingerprint density at radius 2 is 2.19 bits per heavy atom. The summed E-state index contributed by atoms with van der Waals surface area (Å²) < 4.78 is 5.73. The van der Waals surface area contributed by atoms with Crippen LogP contribution in [-0.4, -0.2) is 19.2 Å². The van der Waals surface area contributed by atoms with Crippen molar-refractivity contribution < 1.29 is 4.74 Å². The van der Waals surface area contributed by atoms with Crippen molar-refractivity contribution in [3.05, 3.63) is 28.8 Å². The standard InChI is InChI=1S/C13H20ClNO/c1-4-7-15-11(3)9-16-13-8-12(14)6-5-10(13)2/h5-6,8,11,15H,4,7,9H2,1-3H3. The molecular formula is C13H20ClNO. The minimum atomic E-state index is 0.360. The highest BCUT2D eigenvalue weighted by atomic mass is 35.5. The van der Waals surface area contributed by atoms with Gasteiger partial charge in [0.15, 0.2) is 0 Å². The smallest absolute Gasteiger partial charge is 0.123 e. The van der Waals surface area contributed by atoms with Crippen LogP contribution in [-0.2, 0) is 0 Å². The van der Waals surface area contributed by atoms with E-state index in [2.05, 4.69) is 19.2 Å². The Kier molecular flexibility index (Phi) is 5.64. The highest BCUT2D eigenvalue weighted by Crippen LogP contribution is 2.22. The number of hydrogen-bond acceptors (Lipinski definition) is 2. The lowest BCUT2D eigenvalue weighted by Gasteiger charge is -2.15. The first kappa shape index (κ1) is 13.3. The normalized spacial score (nSPS) is 12.5. The van der Waals surface area contributed by atoms with Crippen molar-refractivity contribution in [2.75, 3.05) is 13.2 Å². The molecule has 0 bridgehead atoms. The van der Waals surface area contributed by atoms with Crippen LogP contribution in [0.2, 0.25) is 5.02 Å². The molecule has 1 unspecified atom stereocenters. The zero-order chi connectivity index (χ0) is 12.0. The van der Waals surface area contributed by atoms with Gasteiger partial charge in [0.2, 0.25) is 0 Å². The number of hydrogen-bond donors (Lipinski definition) is 1. The molecule has 0 aliphatic heterocycles. The molecule has 1 atom stereocenters. The van der Waals surface area contributed by atoms with E-state index < -0.39 is 0 Å². The first-order valence-corrected chi connectivity index (χ1v) is 6.13. The van der Waals surface area contributed by atoms with Crippen molar-refractivity contribution >= 4 is 11.6 Å². The summed E-state index contributed by atoms with van der Waals surface area (Å²) >= 11 is 5.92. The van der Waals surface area contributed by atoms with Gasteiger partial charge >= 0.3 is 0 Å². The summed E-state index contributed by atoms with van der Waals surface area (Å²) in [7, 11) is 0. The maximum atomic E-state index is 5.92. The molecule has 0 aliphatic carbocycles. The number of rotatable bonds is 6. The van der Waals surface area contributed by atoms with Gasteiger partial charge in [-0.05, 0) is 44.5 Å². The van der Waals surface area contributed by atoms with Gasteiger partial charge in [-0.1, -0.05) is 24.6 Å². The van der Waals surface area contributed by atoms with Crippen LogP contribution in [0.4, 0.5) is 0 Å². The van der Waals surface area contributed by atoms with Gasteiger partial charge in [0, 0.05) is 11.1 Å². The molecule has 1 rings (SSSR count). The van der Waals surface area contributed by atoms with Gasteiger partial charge in [0.25, 0.3) is 0 Å². The van der Waals surface area contributed by atoms with Gasteiger partial charge in [0.05, 0.1) is 0 Å². The molecule has 0 fully saturated rings. The lowest BCUT2D eigenvalue weighted by molar-refractivity contribution is 0.272. The summed E-state index contributed by atoms with van der Waals surface area (Å²) in [5, 5.41) is 4.10. The van der Waals surface area contributed by atoms with Gasteiger partial charge in [-0.3, -0.25) is 0 Å². The minimum absolute atomic E-state index is 0.360. The molecular weight excluding hydrogens is 222 g/mol. The molecule has 1 aromatic rings. The third kappa shape index (κ3) is 4.42. The van der Waals surface area contributed by atoms with Gasteiger partial charge in [-0.25, -0.2) is 0 Å². The first-order chi connectivity index (χ1) is 7.63. The van der Waals surface area contributed by atoms with Gasteiger partial charge in [-0.15, -0.1) is 0 Å².